The van der Waals surface area contributed by atoms with Crippen molar-refractivity contribution in [3.63, 3.8) is 0 Å². The number of nitrogens with zero attached hydrogens (tertiary/aromatic N) is 4. The molecule has 164 valence electrons. The van der Waals surface area contributed by atoms with E-state index in [4.69, 9.17) is 4.74 Å². The molecule has 0 atom stereocenters. The number of anilines is 1. The predicted octanol–water partition coefficient (Wildman–Crippen LogP) is 5.15. The van der Waals surface area contributed by atoms with Gasteiger partial charge >= 0.3 is 0 Å². The number of hydrogen-bond donors (Lipinski definition) is 0. The zero-order chi connectivity index (χ0) is 22.3. The molecule has 0 saturated carbocycles. The second kappa shape index (κ2) is 10.2. The maximum Gasteiger partial charge on any atom is 0.119 e. The van der Waals surface area contributed by atoms with E-state index in [1.165, 1.54) is 22.4 Å². The third kappa shape index (κ3) is 5.56. The zero-order valence-electron chi connectivity index (χ0n) is 19.0. The van der Waals surface area contributed by atoms with E-state index in [1.54, 1.807) is 13.3 Å². The number of ether oxygens (including phenoxy) is 1. The molecule has 5 heteroatoms. The largest absolute Gasteiger partial charge is 0.497 e. The van der Waals surface area contributed by atoms with Gasteiger partial charge in [-0.05, 0) is 73.3 Å². The number of benzene rings is 3. The molecule has 0 aliphatic heterocycles. The first-order valence-corrected chi connectivity index (χ1v) is 10.8. The smallest absolute Gasteiger partial charge is 0.119 e. The van der Waals surface area contributed by atoms with Gasteiger partial charge in [0.25, 0.3) is 0 Å². The Balaban J connectivity index is 1.65. The zero-order valence-corrected chi connectivity index (χ0v) is 19.0. The molecule has 0 aliphatic rings. The fourth-order valence-electron chi connectivity index (χ4n) is 3.89. The van der Waals surface area contributed by atoms with Crippen LogP contribution in [-0.2, 0) is 19.6 Å². The minimum Gasteiger partial charge on any atom is -0.497 e. The van der Waals surface area contributed by atoms with Crippen molar-refractivity contribution in [2.24, 2.45) is 0 Å². The summed E-state index contributed by atoms with van der Waals surface area (Å²) in [5.74, 6) is 0.879. The maximum absolute atomic E-state index is 5.45. The van der Waals surface area contributed by atoms with Gasteiger partial charge in [0.1, 0.15) is 5.75 Å². The molecule has 4 aromatic rings. The minimum atomic E-state index is 0.786. The van der Waals surface area contributed by atoms with Gasteiger partial charge in [0.05, 0.1) is 12.8 Å². The monoisotopic (exact) mass is 426 g/mol. The van der Waals surface area contributed by atoms with Gasteiger partial charge in [-0.1, -0.05) is 36.4 Å². The Hall–Kier alpha value is -3.57. The summed E-state index contributed by atoms with van der Waals surface area (Å²) in [6, 6.07) is 27.6. The van der Waals surface area contributed by atoms with Gasteiger partial charge in [0.15, 0.2) is 0 Å². The van der Waals surface area contributed by atoms with Crippen LogP contribution in [0.5, 0.6) is 5.75 Å². The third-order valence-corrected chi connectivity index (χ3v) is 5.34. The van der Waals surface area contributed by atoms with Crippen LogP contribution in [0, 0.1) is 0 Å². The summed E-state index contributed by atoms with van der Waals surface area (Å²) in [6.45, 7) is 2.49. The molecule has 0 amide bonds. The average molecular weight is 427 g/mol. The van der Waals surface area contributed by atoms with Crippen LogP contribution in [0.25, 0.3) is 5.69 Å². The Morgan fingerprint density at radius 3 is 2.16 bits per heavy atom. The lowest BCUT2D eigenvalue weighted by Crippen LogP contribution is -2.22. The van der Waals surface area contributed by atoms with Crippen LogP contribution < -0.4 is 9.64 Å². The van der Waals surface area contributed by atoms with E-state index < -0.39 is 0 Å². The first kappa shape index (κ1) is 21.7. The molecule has 5 nitrogen and oxygen atoms in total. The number of hydrogen-bond acceptors (Lipinski definition) is 4. The van der Waals surface area contributed by atoms with Crippen LogP contribution >= 0.6 is 0 Å². The average Bonchev–Trinajstić information content (AvgIpc) is 3.34. The molecule has 0 saturated heterocycles. The SMILES string of the molecule is COc1cccc(CN(Cc2cccc(-n3cccn3)c2)c2cccc(CN(C)C)c2)c1. The van der Waals surface area contributed by atoms with E-state index in [0.29, 0.717) is 0 Å². The molecule has 0 fully saturated rings. The molecule has 1 heterocycles. The second-order valence-corrected chi connectivity index (χ2v) is 8.24. The Labute approximate surface area is 190 Å². The summed E-state index contributed by atoms with van der Waals surface area (Å²) in [5.41, 5.74) is 6.02. The van der Waals surface area contributed by atoms with E-state index in [-0.39, 0.29) is 0 Å². The summed E-state index contributed by atoms with van der Waals surface area (Å²) in [4.78, 5) is 4.61. The topological polar surface area (TPSA) is 33.5 Å². The maximum atomic E-state index is 5.45. The predicted molar refractivity (Wildman–Crippen MR) is 130 cm³/mol. The van der Waals surface area contributed by atoms with Gasteiger partial charge in [-0.25, -0.2) is 4.68 Å². The summed E-state index contributed by atoms with van der Waals surface area (Å²) in [6.07, 6.45) is 3.77. The molecule has 0 N–H and O–H groups in total. The summed E-state index contributed by atoms with van der Waals surface area (Å²) in [7, 11) is 5.91. The summed E-state index contributed by atoms with van der Waals surface area (Å²) in [5, 5.41) is 4.38. The van der Waals surface area contributed by atoms with Crippen molar-refractivity contribution in [1.29, 1.82) is 0 Å². The van der Waals surface area contributed by atoms with Gasteiger partial charge in [0.2, 0.25) is 0 Å². The van der Waals surface area contributed by atoms with Crippen molar-refractivity contribution in [3.05, 3.63) is 108 Å². The molecular formula is C27H30N4O. The molecule has 0 spiro atoms. The molecule has 0 unspecified atom stereocenters. The van der Waals surface area contributed by atoms with Crippen LogP contribution in [0.4, 0.5) is 5.69 Å². The van der Waals surface area contributed by atoms with Gasteiger partial charge < -0.3 is 14.5 Å². The highest BCUT2D eigenvalue weighted by Crippen LogP contribution is 2.24. The molecule has 32 heavy (non-hydrogen) atoms. The second-order valence-electron chi connectivity index (χ2n) is 8.24. The number of aromatic nitrogens is 2. The van der Waals surface area contributed by atoms with E-state index in [2.05, 4.69) is 89.7 Å². The lowest BCUT2D eigenvalue weighted by atomic mass is 10.1. The molecule has 4 rings (SSSR count). The Kier molecular flexibility index (Phi) is 6.87. The van der Waals surface area contributed by atoms with Crippen LogP contribution in [0.2, 0.25) is 0 Å². The van der Waals surface area contributed by atoms with Crippen molar-refractivity contribution in [2.75, 3.05) is 26.1 Å². The molecule has 0 bridgehead atoms. The Morgan fingerprint density at radius 2 is 1.47 bits per heavy atom. The fraction of sp³-hybridized carbons (Fsp3) is 0.222. The highest BCUT2D eigenvalue weighted by Gasteiger charge is 2.11. The molecule has 1 aromatic heterocycles. The van der Waals surface area contributed by atoms with E-state index in [1.807, 2.05) is 29.1 Å². The Morgan fingerprint density at radius 1 is 0.781 bits per heavy atom. The lowest BCUT2D eigenvalue weighted by molar-refractivity contribution is 0.402. The standard InChI is InChI=1S/C27H30N4O/c1-29(2)19-22-8-4-11-25(16-22)30(21-24-10-6-13-27(18-24)32-3)20-23-9-5-12-26(17-23)31-15-7-14-28-31/h4-18H,19-21H2,1-3H3. The van der Waals surface area contributed by atoms with Crippen molar-refractivity contribution < 1.29 is 4.74 Å². The summed E-state index contributed by atoms with van der Waals surface area (Å²) >= 11 is 0. The van der Waals surface area contributed by atoms with Crippen LogP contribution in [0.3, 0.4) is 0 Å². The molecule has 0 radical (unpaired) electrons. The molecule has 0 aliphatic carbocycles. The molecular weight excluding hydrogens is 396 g/mol. The first-order valence-electron chi connectivity index (χ1n) is 10.8. The quantitative estimate of drug-likeness (QED) is 0.371. The number of rotatable bonds is 9. The highest BCUT2D eigenvalue weighted by molar-refractivity contribution is 5.51. The lowest BCUT2D eigenvalue weighted by Gasteiger charge is -2.26. The van der Waals surface area contributed by atoms with Crippen molar-refractivity contribution in [3.8, 4) is 11.4 Å². The fourth-order valence-corrected chi connectivity index (χ4v) is 3.89. The van der Waals surface area contributed by atoms with Crippen molar-refractivity contribution >= 4 is 5.69 Å². The van der Waals surface area contributed by atoms with Crippen molar-refractivity contribution in [2.45, 2.75) is 19.6 Å². The summed E-state index contributed by atoms with van der Waals surface area (Å²) < 4.78 is 7.34. The van der Waals surface area contributed by atoms with E-state index in [0.717, 1.165) is 31.1 Å². The van der Waals surface area contributed by atoms with Gasteiger partial charge in [-0.3, -0.25) is 0 Å². The minimum absolute atomic E-state index is 0.786. The van der Waals surface area contributed by atoms with Crippen molar-refractivity contribution in [1.82, 2.24) is 14.7 Å². The van der Waals surface area contributed by atoms with E-state index >= 15 is 0 Å². The normalized spacial score (nSPS) is 11.0. The third-order valence-electron chi connectivity index (χ3n) is 5.34. The Bertz CT molecular complexity index is 1140. The van der Waals surface area contributed by atoms with E-state index in [9.17, 15) is 0 Å². The van der Waals surface area contributed by atoms with Gasteiger partial charge in [-0.2, -0.15) is 5.10 Å². The highest BCUT2D eigenvalue weighted by atomic mass is 16.5. The van der Waals surface area contributed by atoms with Crippen LogP contribution in [-0.4, -0.2) is 35.9 Å². The van der Waals surface area contributed by atoms with Gasteiger partial charge in [0, 0.05) is 37.7 Å². The van der Waals surface area contributed by atoms with Gasteiger partial charge in [-0.15, -0.1) is 0 Å². The number of methoxy groups -OCH3 is 1. The van der Waals surface area contributed by atoms with Crippen LogP contribution in [0.15, 0.2) is 91.3 Å². The molecule has 3 aromatic carbocycles. The first-order chi connectivity index (χ1) is 15.6. The van der Waals surface area contributed by atoms with Crippen LogP contribution in [0.1, 0.15) is 16.7 Å².